The van der Waals surface area contributed by atoms with E-state index in [4.69, 9.17) is 0 Å². The van der Waals surface area contributed by atoms with Crippen LogP contribution in [0.15, 0.2) is 0 Å². The first kappa shape index (κ1) is 9.93. The van der Waals surface area contributed by atoms with Gasteiger partial charge in [-0.25, -0.2) is 4.39 Å². The van der Waals surface area contributed by atoms with Crippen molar-refractivity contribution in [2.24, 2.45) is 11.3 Å². The van der Waals surface area contributed by atoms with Crippen LogP contribution in [0, 0.1) is 11.3 Å². The third-order valence-corrected chi connectivity index (χ3v) is 3.24. The van der Waals surface area contributed by atoms with Crippen molar-refractivity contribution in [1.29, 1.82) is 0 Å². The van der Waals surface area contributed by atoms with Crippen LogP contribution in [0.1, 0.15) is 20.3 Å². The van der Waals surface area contributed by atoms with E-state index in [1.165, 1.54) is 0 Å². The minimum atomic E-state index is -1.82. The molecule has 1 aliphatic carbocycles. The summed E-state index contributed by atoms with van der Waals surface area (Å²) in [5, 5.41) is 9.39. The second kappa shape index (κ2) is 2.67. The molecule has 4 heteroatoms. The topological polar surface area (TPSA) is 20.2 Å². The van der Waals surface area contributed by atoms with Gasteiger partial charge in [-0.2, -0.15) is 0 Å². The Bertz CT molecular complexity index is 164. The lowest BCUT2D eigenvalue weighted by Gasteiger charge is -2.19. The number of alkyl halides is 3. The molecule has 0 bridgehead atoms. The minimum absolute atomic E-state index is 0.0613. The van der Waals surface area contributed by atoms with E-state index in [0.717, 1.165) is 6.42 Å². The van der Waals surface area contributed by atoms with E-state index in [0.29, 0.717) is 0 Å². The molecule has 0 aliphatic heterocycles. The van der Waals surface area contributed by atoms with Crippen LogP contribution in [0.4, 0.5) is 4.39 Å². The highest BCUT2D eigenvalue weighted by molar-refractivity contribution is 9.25. The van der Waals surface area contributed by atoms with Gasteiger partial charge < -0.3 is 5.11 Å². The molecular weight excluding hydrogens is 279 g/mol. The van der Waals surface area contributed by atoms with Crippen molar-refractivity contribution in [1.82, 2.24) is 0 Å². The number of halogens is 3. The Morgan fingerprint density at radius 3 is 2.09 bits per heavy atom. The lowest BCUT2D eigenvalue weighted by atomic mass is 10.1. The van der Waals surface area contributed by atoms with Crippen LogP contribution in [-0.4, -0.2) is 14.7 Å². The van der Waals surface area contributed by atoms with Crippen molar-refractivity contribution >= 4 is 31.9 Å². The molecular formula is C7H11Br2FO. The molecule has 0 aromatic rings. The standard InChI is InChI=1S/C7H11Br2FO/c1-6(2)3-4(6)5(11)7(8,9)10/h4-5,11H,3H2,1-2H3. The predicted octanol–water partition coefficient (Wildman–Crippen LogP) is 2.81. The molecule has 2 atom stereocenters. The van der Waals surface area contributed by atoms with Crippen molar-refractivity contribution < 1.29 is 9.50 Å². The van der Waals surface area contributed by atoms with Gasteiger partial charge in [-0.3, -0.25) is 0 Å². The summed E-state index contributed by atoms with van der Waals surface area (Å²) in [4.78, 5) is 0. The molecule has 0 amide bonds. The number of hydrogen-bond donors (Lipinski definition) is 1. The number of hydrogen-bond acceptors (Lipinski definition) is 1. The van der Waals surface area contributed by atoms with Gasteiger partial charge in [-0.1, -0.05) is 13.8 Å². The van der Waals surface area contributed by atoms with Gasteiger partial charge in [-0.15, -0.1) is 0 Å². The maximum absolute atomic E-state index is 13.0. The van der Waals surface area contributed by atoms with Crippen LogP contribution in [-0.2, 0) is 0 Å². The third kappa shape index (κ3) is 2.16. The Morgan fingerprint density at radius 1 is 1.64 bits per heavy atom. The highest BCUT2D eigenvalue weighted by atomic mass is 79.9. The fourth-order valence-electron chi connectivity index (χ4n) is 1.27. The van der Waals surface area contributed by atoms with Crippen molar-refractivity contribution in [3.8, 4) is 0 Å². The molecule has 0 saturated heterocycles. The molecule has 1 saturated carbocycles. The largest absolute Gasteiger partial charge is 0.388 e. The fourth-order valence-corrected chi connectivity index (χ4v) is 1.91. The Labute approximate surface area is 82.6 Å². The Kier molecular flexibility index (Phi) is 2.41. The van der Waals surface area contributed by atoms with E-state index < -0.39 is 9.59 Å². The third-order valence-electron chi connectivity index (χ3n) is 2.31. The van der Waals surface area contributed by atoms with Crippen LogP contribution in [0.25, 0.3) is 0 Å². The van der Waals surface area contributed by atoms with Crippen molar-refractivity contribution in [2.45, 2.75) is 29.9 Å². The zero-order chi connectivity index (χ0) is 8.86. The molecule has 66 valence electrons. The number of aliphatic hydroxyl groups excluding tert-OH is 1. The lowest BCUT2D eigenvalue weighted by molar-refractivity contribution is 0.0819. The second-order valence-corrected chi connectivity index (χ2v) is 7.16. The smallest absolute Gasteiger partial charge is 0.244 e. The van der Waals surface area contributed by atoms with Gasteiger partial charge in [0.05, 0.1) is 0 Å². The van der Waals surface area contributed by atoms with E-state index in [-0.39, 0.29) is 11.3 Å². The summed E-state index contributed by atoms with van der Waals surface area (Å²) in [6, 6.07) is 0. The second-order valence-electron chi connectivity index (χ2n) is 3.79. The number of aliphatic hydroxyl groups is 1. The van der Waals surface area contributed by atoms with Gasteiger partial charge in [0.1, 0.15) is 6.10 Å². The Hall–Kier alpha value is 0.850. The highest BCUT2D eigenvalue weighted by Gasteiger charge is 2.55. The first-order valence-electron chi connectivity index (χ1n) is 3.50. The van der Waals surface area contributed by atoms with Crippen LogP contribution < -0.4 is 0 Å². The molecule has 0 spiro atoms. The fraction of sp³-hybridized carbons (Fsp3) is 1.00. The van der Waals surface area contributed by atoms with Crippen molar-refractivity contribution in [3.63, 3.8) is 0 Å². The molecule has 0 radical (unpaired) electrons. The summed E-state index contributed by atoms with van der Waals surface area (Å²) >= 11 is 5.47. The first-order chi connectivity index (χ1) is 4.75. The quantitative estimate of drug-likeness (QED) is 0.775. The molecule has 1 fully saturated rings. The maximum atomic E-state index is 13.0. The molecule has 0 aromatic heterocycles. The molecule has 1 aliphatic rings. The Balaban J connectivity index is 2.52. The molecule has 11 heavy (non-hydrogen) atoms. The summed E-state index contributed by atoms with van der Waals surface area (Å²) in [6.07, 6.45) is -0.0747. The molecule has 2 unspecified atom stereocenters. The molecule has 0 aromatic carbocycles. The van der Waals surface area contributed by atoms with Crippen LogP contribution in [0.2, 0.25) is 0 Å². The summed E-state index contributed by atoms with van der Waals surface area (Å²) < 4.78 is 11.2. The van der Waals surface area contributed by atoms with E-state index >= 15 is 0 Å². The van der Waals surface area contributed by atoms with Gasteiger partial charge in [0.15, 0.2) is 0 Å². The highest BCUT2D eigenvalue weighted by Crippen LogP contribution is 2.57. The lowest BCUT2D eigenvalue weighted by Crippen LogP contribution is -2.28. The normalized spacial score (nSPS) is 31.6. The SMILES string of the molecule is CC1(C)CC1C(O)C(F)(Br)Br. The zero-order valence-electron chi connectivity index (χ0n) is 6.44. The van der Waals surface area contributed by atoms with E-state index in [9.17, 15) is 9.50 Å². The van der Waals surface area contributed by atoms with Crippen molar-refractivity contribution in [2.75, 3.05) is 0 Å². The van der Waals surface area contributed by atoms with Crippen LogP contribution >= 0.6 is 31.9 Å². The van der Waals surface area contributed by atoms with E-state index in [1.54, 1.807) is 0 Å². The summed E-state index contributed by atoms with van der Waals surface area (Å²) in [6.45, 7) is 4.04. The minimum Gasteiger partial charge on any atom is -0.388 e. The number of rotatable bonds is 2. The molecule has 1 rings (SSSR count). The first-order valence-corrected chi connectivity index (χ1v) is 5.08. The van der Waals surface area contributed by atoms with Gasteiger partial charge in [0.2, 0.25) is 3.49 Å². The average Bonchev–Trinajstić information content (AvgIpc) is 2.36. The zero-order valence-corrected chi connectivity index (χ0v) is 9.61. The monoisotopic (exact) mass is 288 g/mol. The predicted molar refractivity (Wildman–Crippen MR) is 49.6 cm³/mol. The van der Waals surface area contributed by atoms with E-state index in [2.05, 4.69) is 31.9 Å². The molecule has 1 N–H and O–H groups in total. The maximum Gasteiger partial charge on any atom is 0.244 e. The summed E-state index contributed by atoms with van der Waals surface area (Å²) in [5.41, 5.74) is 0.0955. The van der Waals surface area contributed by atoms with Crippen LogP contribution in [0.5, 0.6) is 0 Å². The summed E-state index contributed by atoms with van der Waals surface area (Å²) in [5.74, 6) is 0.0613. The molecule has 1 nitrogen and oxygen atoms in total. The van der Waals surface area contributed by atoms with Gasteiger partial charge in [0, 0.05) is 0 Å². The van der Waals surface area contributed by atoms with E-state index in [1.807, 2.05) is 13.8 Å². The van der Waals surface area contributed by atoms with Gasteiger partial charge in [-0.05, 0) is 49.6 Å². The summed E-state index contributed by atoms with van der Waals surface area (Å²) in [7, 11) is 0. The average molecular weight is 290 g/mol. The van der Waals surface area contributed by atoms with Crippen molar-refractivity contribution in [3.05, 3.63) is 0 Å². The molecule has 0 heterocycles. The Morgan fingerprint density at radius 2 is 2.00 bits per heavy atom. The van der Waals surface area contributed by atoms with Gasteiger partial charge >= 0.3 is 0 Å². The van der Waals surface area contributed by atoms with Crippen LogP contribution in [0.3, 0.4) is 0 Å². The van der Waals surface area contributed by atoms with Gasteiger partial charge in [0.25, 0.3) is 0 Å².